The molecule has 2 aromatic heterocycles. The van der Waals surface area contributed by atoms with E-state index in [9.17, 15) is 22.8 Å². The molecule has 3 rings (SSSR count). The number of carbonyl (C=O) groups excluding carboxylic acids is 2. The molecule has 0 radical (unpaired) electrons. The third-order valence-electron chi connectivity index (χ3n) is 5.83. The highest BCUT2D eigenvalue weighted by Crippen LogP contribution is 2.41. The second kappa shape index (κ2) is 8.22. The molecule has 168 valence electrons. The molecule has 3 heterocycles. The van der Waals surface area contributed by atoms with Crippen molar-refractivity contribution in [3.8, 4) is 10.4 Å². The zero-order chi connectivity index (χ0) is 23.1. The minimum atomic E-state index is -4.44. The van der Waals surface area contributed by atoms with Crippen molar-refractivity contribution in [2.24, 2.45) is 11.7 Å². The van der Waals surface area contributed by atoms with E-state index in [-0.39, 0.29) is 23.9 Å². The molecule has 2 amide bonds. The average molecular weight is 455 g/mol. The number of halogens is 3. The summed E-state index contributed by atoms with van der Waals surface area (Å²) in [6, 6.07) is 2.43. The molecule has 0 bridgehead atoms. The van der Waals surface area contributed by atoms with Crippen LogP contribution in [0.5, 0.6) is 0 Å². The molecule has 1 aliphatic rings. The van der Waals surface area contributed by atoms with E-state index in [4.69, 9.17) is 5.73 Å². The lowest BCUT2D eigenvalue weighted by Crippen LogP contribution is -2.46. The van der Waals surface area contributed by atoms with Crippen molar-refractivity contribution in [2.45, 2.75) is 58.2 Å². The minimum absolute atomic E-state index is 0.00210. The minimum Gasteiger partial charge on any atom is -0.368 e. The van der Waals surface area contributed by atoms with Crippen LogP contribution in [0.15, 0.2) is 18.3 Å². The Hall–Kier alpha value is -2.49. The number of rotatable bonds is 5. The van der Waals surface area contributed by atoms with Gasteiger partial charge in [0.2, 0.25) is 11.8 Å². The molecular weight excluding hydrogens is 429 g/mol. The van der Waals surface area contributed by atoms with Crippen LogP contribution >= 0.6 is 11.3 Å². The van der Waals surface area contributed by atoms with Gasteiger partial charge in [-0.1, -0.05) is 6.92 Å². The third kappa shape index (κ3) is 4.44. The lowest BCUT2D eigenvalue weighted by molar-refractivity contribution is -0.181. The second-order valence-corrected chi connectivity index (χ2v) is 9.54. The topological polar surface area (TPSA) is 89.2 Å². The number of nitrogens with zero attached hydrogens (tertiary/aromatic N) is 3. The first kappa shape index (κ1) is 23.2. The maximum atomic E-state index is 13.4. The van der Waals surface area contributed by atoms with E-state index >= 15 is 0 Å². The number of amides is 2. The zero-order valence-electron chi connectivity index (χ0n) is 17.8. The number of hydrogen-bond donors (Lipinski definition) is 1. The molecule has 0 unspecified atom stereocenters. The first-order valence-electron chi connectivity index (χ1n) is 9.91. The van der Waals surface area contributed by atoms with Gasteiger partial charge < -0.3 is 10.6 Å². The van der Waals surface area contributed by atoms with Gasteiger partial charge in [0, 0.05) is 12.7 Å². The fourth-order valence-corrected chi connectivity index (χ4v) is 4.80. The summed E-state index contributed by atoms with van der Waals surface area (Å²) in [4.78, 5) is 35.1. The Labute approximate surface area is 182 Å². The number of nitrogens with two attached hydrogens (primary N) is 1. The SMILES string of the molecule is Cc1nc(CC(=O)N2CC[C@@H](C)[C@H]2C(N)=O)sc1-c1ccnc(C(C)(C)C(F)(F)F)c1. The number of aryl methyl sites for hydroxylation is 1. The Morgan fingerprint density at radius 3 is 2.61 bits per heavy atom. The van der Waals surface area contributed by atoms with Crippen LogP contribution in [0.4, 0.5) is 13.2 Å². The molecule has 0 aromatic carbocycles. The molecule has 10 heteroatoms. The van der Waals surface area contributed by atoms with Gasteiger partial charge in [-0.15, -0.1) is 11.3 Å². The summed E-state index contributed by atoms with van der Waals surface area (Å²) in [5, 5.41) is 0.536. The fraction of sp³-hybridized carbons (Fsp3) is 0.524. The van der Waals surface area contributed by atoms with Crippen molar-refractivity contribution in [1.29, 1.82) is 0 Å². The Balaban J connectivity index is 1.85. The van der Waals surface area contributed by atoms with Gasteiger partial charge in [0.15, 0.2) is 0 Å². The van der Waals surface area contributed by atoms with Crippen molar-refractivity contribution < 1.29 is 22.8 Å². The van der Waals surface area contributed by atoms with E-state index in [0.29, 0.717) is 34.1 Å². The highest BCUT2D eigenvalue weighted by atomic mass is 32.1. The molecular formula is C21H25F3N4O2S. The smallest absolute Gasteiger partial charge is 0.368 e. The van der Waals surface area contributed by atoms with Crippen LogP contribution in [0.1, 0.15) is 43.6 Å². The predicted octanol–water partition coefficient (Wildman–Crippen LogP) is 3.62. The van der Waals surface area contributed by atoms with E-state index in [1.54, 1.807) is 13.0 Å². The summed E-state index contributed by atoms with van der Waals surface area (Å²) in [5.74, 6) is -0.754. The fourth-order valence-electron chi connectivity index (χ4n) is 3.75. The summed E-state index contributed by atoms with van der Waals surface area (Å²) in [6.45, 7) is 6.28. The van der Waals surface area contributed by atoms with E-state index in [1.807, 2.05) is 6.92 Å². The number of primary amides is 1. The van der Waals surface area contributed by atoms with Crippen LogP contribution in [-0.4, -0.2) is 45.4 Å². The molecule has 0 spiro atoms. The Kier molecular flexibility index (Phi) is 6.14. The number of thiazole rings is 1. The Bertz CT molecular complexity index is 1000. The maximum absolute atomic E-state index is 13.4. The van der Waals surface area contributed by atoms with E-state index in [1.165, 1.54) is 28.5 Å². The number of alkyl halides is 3. The van der Waals surface area contributed by atoms with Crippen LogP contribution < -0.4 is 5.73 Å². The van der Waals surface area contributed by atoms with Gasteiger partial charge >= 0.3 is 6.18 Å². The normalized spacial score (nSPS) is 19.6. The molecule has 0 saturated carbocycles. The van der Waals surface area contributed by atoms with Crippen LogP contribution in [-0.2, 0) is 21.4 Å². The van der Waals surface area contributed by atoms with Gasteiger partial charge in [-0.05, 0) is 50.8 Å². The second-order valence-electron chi connectivity index (χ2n) is 8.45. The van der Waals surface area contributed by atoms with E-state index in [2.05, 4.69) is 9.97 Å². The molecule has 1 saturated heterocycles. The van der Waals surface area contributed by atoms with E-state index in [0.717, 1.165) is 13.8 Å². The van der Waals surface area contributed by atoms with E-state index < -0.39 is 23.5 Å². The van der Waals surface area contributed by atoms with Crippen molar-refractivity contribution in [2.75, 3.05) is 6.54 Å². The highest BCUT2D eigenvalue weighted by molar-refractivity contribution is 7.15. The Morgan fingerprint density at radius 1 is 1.32 bits per heavy atom. The van der Waals surface area contributed by atoms with Crippen molar-refractivity contribution >= 4 is 23.2 Å². The lowest BCUT2D eigenvalue weighted by atomic mass is 9.87. The monoisotopic (exact) mass is 454 g/mol. The van der Waals surface area contributed by atoms with Crippen LogP contribution in [0.3, 0.4) is 0 Å². The maximum Gasteiger partial charge on any atom is 0.399 e. The Morgan fingerprint density at radius 2 is 2.00 bits per heavy atom. The van der Waals surface area contributed by atoms with Crippen molar-refractivity contribution in [1.82, 2.24) is 14.9 Å². The largest absolute Gasteiger partial charge is 0.399 e. The molecule has 2 N–H and O–H groups in total. The number of aromatic nitrogens is 2. The molecule has 0 aliphatic carbocycles. The van der Waals surface area contributed by atoms with Crippen LogP contribution in [0.2, 0.25) is 0 Å². The molecule has 1 aliphatic heterocycles. The third-order valence-corrected chi connectivity index (χ3v) is 7.03. The van der Waals surface area contributed by atoms with Crippen LogP contribution in [0, 0.1) is 12.8 Å². The quantitative estimate of drug-likeness (QED) is 0.747. The van der Waals surface area contributed by atoms with Gasteiger partial charge in [0.25, 0.3) is 0 Å². The van der Waals surface area contributed by atoms with Gasteiger partial charge in [-0.2, -0.15) is 13.2 Å². The molecule has 31 heavy (non-hydrogen) atoms. The highest BCUT2D eigenvalue weighted by Gasteiger charge is 2.49. The van der Waals surface area contributed by atoms with Gasteiger partial charge in [0.1, 0.15) is 16.5 Å². The van der Waals surface area contributed by atoms with Gasteiger partial charge in [-0.3, -0.25) is 14.6 Å². The predicted molar refractivity (Wildman–Crippen MR) is 111 cm³/mol. The zero-order valence-corrected chi connectivity index (χ0v) is 18.6. The first-order valence-corrected chi connectivity index (χ1v) is 10.7. The molecule has 2 atom stereocenters. The average Bonchev–Trinajstić information content (AvgIpc) is 3.23. The number of likely N-dealkylation sites (tertiary alicyclic amines) is 1. The number of hydrogen-bond acceptors (Lipinski definition) is 5. The standard InChI is InChI=1S/C21H25F3N4O2S/c1-11-6-8-28(17(11)19(25)30)16(29)10-15-27-12(2)18(31-15)13-5-7-26-14(9-13)20(3,4)21(22,23)24/h5,7,9,11,17H,6,8,10H2,1-4H3,(H2,25,30)/t11-,17+/m1/s1. The van der Waals surface area contributed by atoms with Crippen LogP contribution in [0.25, 0.3) is 10.4 Å². The van der Waals surface area contributed by atoms with Gasteiger partial charge in [-0.25, -0.2) is 4.98 Å². The number of carbonyl (C=O) groups is 2. The summed E-state index contributed by atoms with van der Waals surface area (Å²) < 4.78 is 40.3. The summed E-state index contributed by atoms with van der Waals surface area (Å²) in [7, 11) is 0. The number of pyridine rings is 1. The molecule has 6 nitrogen and oxygen atoms in total. The van der Waals surface area contributed by atoms with Gasteiger partial charge in [0.05, 0.1) is 22.7 Å². The molecule has 1 fully saturated rings. The lowest BCUT2D eigenvalue weighted by Gasteiger charge is -2.27. The van der Waals surface area contributed by atoms with Crippen molar-refractivity contribution in [3.63, 3.8) is 0 Å². The first-order chi connectivity index (χ1) is 14.3. The summed E-state index contributed by atoms with van der Waals surface area (Å²) in [6.07, 6.45) is -2.38. The molecule has 2 aromatic rings. The summed E-state index contributed by atoms with van der Waals surface area (Å²) in [5.41, 5.74) is 4.47. The van der Waals surface area contributed by atoms with Crippen molar-refractivity contribution in [3.05, 3.63) is 34.7 Å². The summed E-state index contributed by atoms with van der Waals surface area (Å²) >= 11 is 1.25.